The van der Waals surface area contributed by atoms with E-state index in [0.717, 1.165) is 12.8 Å². The van der Waals surface area contributed by atoms with Gasteiger partial charge in [0, 0.05) is 6.07 Å². The minimum atomic E-state index is -3.90. The van der Waals surface area contributed by atoms with Crippen LogP contribution in [0.3, 0.4) is 0 Å². The van der Waals surface area contributed by atoms with Gasteiger partial charge in [-0.15, -0.1) is 0 Å². The number of hydrogen-bond donors (Lipinski definition) is 2. The lowest BCUT2D eigenvalue weighted by Gasteiger charge is -2.11. The maximum atomic E-state index is 12.8. The molecule has 30 heavy (non-hydrogen) atoms. The molecule has 0 saturated heterocycles. The summed E-state index contributed by atoms with van der Waals surface area (Å²) < 4.78 is 31.3. The van der Waals surface area contributed by atoms with Crippen molar-refractivity contribution in [3.8, 4) is 17.2 Å². The molecule has 2 N–H and O–H groups in total. The van der Waals surface area contributed by atoms with Gasteiger partial charge in [0.2, 0.25) is 9.84 Å². The topological polar surface area (TPSA) is 83.8 Å². The lowest BCUT2D eigenvalue weighted by molar-refractivity contribution is 0.302. The predicted octanol–water partition coefficient (Wildman–Crippen LogP) is 6.23. The van der Waals surface area contributed by atoms with Crippen LogP contribution in [-0.4, -0.2) is 25.2 Å². The summed E-state index contributed by atoms with van der Waals surface area (Å²) in [4.78, 5) is -0.198. The summed E-state index contributed by atoms with van der Waals surface area (Å²) in [6.07, 6.45) is 12.4. The molecule has 6 heteroatoms. The number of rotatable bonds is 14. The van der Waals surface area contributed by atoms with E-state index in [2.05, 4.69) is 6.92 Å². The quantitative estimate of drug-likeness (QED) is 0.344. The van der Waals surface area contributed by atoms with Crippen LogP contribution in [0.1, 0.15) is 71.1 Å². The maximum Gasteiger partial charge on any atom is 0.210 e. The van der Waals surface area contributed by atoms with Crippen LogP contribution in [0, 0.1) is 0 Å². The van der Waals surface area contributed by atoms with E-state index in [4.69, 9.17) is 4.74 Å². The van der Waals surface area contributed by atoms with Crippen LogP contribution < -0.4 is 4.74 Å². The number of benzene rings is 2. The monoisotopic (exact) mass is 434 g/mol. The molecule has 0 amide bonds. The average molecular weight is 435 g/mol. The summed E-state index contributed by atoms with van der Waals surface area (Å²) in [7, 11) is -3.90. The minimum Gasteiger partial charge on any atom is -0.508 e. The van der Waals surface area contributed by atoms with Crippen LogP contribution in [0.25, 0.3) is 0 Å². The van der Waals surface area contributed by atoms with Crippen molar-refractivity contribution in [1.82, 2.24) is 0 Å². The fourth-order valence-corrected chi connectivity index (χ4v) is 4.69. The first kappa shape index (κ1) is 24.1. The van der Waals surface area contributed by atoms with Gasteiger partial charge in [-0.25, -0.2) is 8.42 Å². The Balaban J connectivity index is 1.78. The normalized spacial score (nSPS) is 11.5. The zero-order chi connectivity index (χ0) is 21.8. The fraction of sp³-hybridized carbons (Fsp3) is 0.500. The summed E-state index contributed by atoms with van der Waals surface area (Å²) in [5.41, 5.74) is 0. The van der Waals surface area contributed by atoms with E-state index in [-0.39, 0.29) is 21.3 Å². The van der Waals surface area contributed by atoms with E-state index < -0.39 is 9.84 Å². The van der Waals surface area contributed by atoms with Crippen molar-refractivity contribution in [2.45, 2.75) is 80.9 Å². The van der Waals surface area contributed by atoms with Gasteiger partial charge >= 0.3 is 0 Å². The summed E-state index contributed by atoms with van der Waals surface area (Å²) in [5.74, 6) is 0.0715. The van der Waals surface area contributed by atoms with Crippen LogP contribution in [0.2, 0.25) is 0 Å². The molecule has 2 aromatic carbocycles. The van der Waals surface area contributed by atoms with Gasteiger partial charge < -0.3 is 14.9 Å². The van der Waals surface area contributed by atoms with Crippen LogP contribution in [-0.2, 0) is 9.84 Å². The van der Waals surface area contributed by atoms with Crippen LogP contribution in [0.4, 0.5) is 0 Å². The first-order chi connectivity index (χ1) is 14.4. The lowest BCUT2D eigenvalue weighted by Crippen LogP contribution is -2.04. The second-order valence-electron chi connectivity index (χ2n) is 7.66. The highest BCUT2D eigenvalue weighted by molar-refractivity contribution is 7.91. The Morgan fingerprint density at radius 3 is 1.93 bits per heavy atom. The van der Waals surface area contributed by atoms with Crippen molar-refractivity contribution in [3.63, 3.8) is 0 Å². The summed E-state index contributed by atoms with van der Waals surface area (Å²) in [6.45, 7) is 2.75. The zero-order valence-corrected chi connectivity index (χ0v) is 18.7. The molecule has 5 nitrogen and oxygen atoms in total. The molecule has 166 valence electrons. The molecule has 2 rings (SSSR count). The highest BCUT2D eigenvalue weighted by Crippen LogP contribution is 2.32. The smallest absolute Gasteiger partial charge is 0.210 e. The Bertz CT molecular complexity index is 860. The van der Waals surface area contributed by atoms with Crippen molar-refractivity contribution < 1.29 is 23.4 Å². The molecule has 0 radical (unpaired) electrons. The third-order valence-corrected chi connectivity index (χ3v) is 6.93. The molecule has 0 fully saturated rings. The molecule has 0 atom stereocenters. The largest absolute Gasteiger partial charge is 0.508 e. The van der Waals surface area contributed by atoms with Gasteiger partial charge in [-0.1, -0.05) is 64.7 Å². The number of aromatic hydroxyl groups is 2. The Morgan fingerprint density at radius 1 is 0.767 bits per heavy atom. The van der Waals surface area contributed by atoms with E-state index in [1.807, 2.05) is 0 Å². The van der Waals surface area contributed by atoms with Gasteiger partial charge in [-0.05, 0) is 42.8 Å². The van der Waals surface area contributed by atoms with Gasteiger partial charge in [0.05, 0.1) is 11.5 Å². The molecule has 0 aromatic heterocycles. The van der Waals surface area contributed by atoms with Crippen molar-refractivity contribution in [2.75, 3.05) is 6.61 Å². The number of unbranched alkanes of at least 4 members (excludes halogenated alkanes) is 9. The average Bonchev–Trinajstić information content (AvgIpc) is 2.73. The number of phenols is 2. The Morgan fingerprint density at radius 2 is 1.33 bits per heavy atom. The molecule has 0 heterocycles. The fourth-order valence-electron chi connectivity index (χ4n) is 3.33. The first-order valence-electron chi connectivity index (χ1n) is 10.9. The molecule has 2 aromatic rings. The highest BCUT2D eigenvalue weighted by atomic mass is 32.2. The highest BCUT2D eigenvalue weighted by Gasteiger charge is 2.22. The van der Waals surface area contributed by atoms with Crippen molar-refractivity contribution in [2.24, 2.45) is 0 Å². The Hall–Kier alpha value is -2.21. The molecule has 0 aliphatic heterocycles. The number of hydrogen-bond acceptors (Lipinski definition) is 5. The zero-order valence-electron chi connectivity index (χ0n) is 17.8. The molecule has 0 bridgehead atoms. The minimum absolute atomic E-state index is 0.00226. The van der Waals surface area contributed by atoms with E-state index in [1.165, 1.54) is 87.8 Å². The summed E-state index contributed by atoms with van der Waals surface area (Å²) >= 11 is 0. The van der Waals surface area contributed by atoms with Gasteiger partial charge in [0.1, 0.15) is 22.1 Å². The summed E-state index contributed by atoms with van der Waals surface area (Å²) in [6, 6.07) is 9.48. The SMILES string of the molecule is CCCCCCCCCCCCOc1ccc(O)c(S(=O)(=O)c2ccc(O)cc2)c1. The maximum absolute atomic E-state index is 12.8. The number of sulfone groups is 1. The number of phenolic OH excluding ortho intramolecular Hbond substituents is 2. The van der Waals surface area contributed by atoms with E-state index in [0.29, 0.717) is 12.4 Å². The van der Waals surface area contributed by atoms with Gasteiger partial charge in [0.25, 0.3) is 0 Å². The third-order valence-electron chi connectivity index (χ3n) is 5.13. The van der Waals surface area contributed by atoms with E-state index in [9.17, 15) is 18.6 Å². The Labute approximate surface area is 180 Å². The molecule has 0 spiro atoms. The molecule has 0 saturated carbocycles. The van der Waals surface area contributed by atoms with Crippen LogP contribution in [0.5, 0.6) is 17.2 Å². The number of ether oxygens (including phenoxy) is 1. The van der Waals surface area contributed by atoms with E-state index >= 15 is 0 Å². The van der Waals surface area contributed by atoms with Crippen LogP contribution in [0.15, 0.2) is 52.3 Å². The molecule has 0 unspecified atom stereocenters. The molecular formula is C24H34O5S. The van der Waals surface area contributed by atoms with Crippen LogP contribution >= 0.6 is 0 Å². The van der Waals surface area contributed by atoms with E-state index in [1.54, 1.807) is 6.07 Å². The van der Waals surface area contributed by atoms with Gasteiger partial charge in [0.15, 0.2) is 0 Å². The Kier molecular flexibility index (Phi) is 10.0. The summed E-state index contributed by atoms with van der Waals surface area (Å²) in [5, 5.41) is 19.4. The molecule has 0 aliphatic rings. The van der Waals surface area contributed by atoms with Crippen molar-refractivity contribution in [3.05, 3.63) is 42.5 Å². The van der Waals surface area contributed by atoms with Gasteiger partial charge in [-0.3, -0.25) is 0 Å². The van der Waals surface area contributed by atoms with Crippen molar-refractivity contribution >= 4 is 9.84 Å². The third kappa shape index (κ3) is 7.56. The standard InChI is InChI=1S/C24H34O5S/c1-2-3-4-5-6-7-8-9-10-11-18-29-21-14-17-23(26)24(19-21)30(27,28)22-15-12-20(25)13-16-22/h12-17,19,25-26H,2-11,18H2,1H3. The van der Waals surface area contributed by atoms with Crippen molar-refractivity contribution in [1.29, 1.82) is 0 Å². The predicted molar refractivity (Wildman–Crippen MR) is 119 cm³/mol. The van der Waals surface area contributed by atoms with Gasteiger partial charge in [-0.2, -0.15) is 0 Å². The first-order valence-corrected chi connectivity index (χ1v) is 12.4. The second-order valence-corrected chi connectivity index (χ2v) is 9.58. The second kappa shape index (κ2) is 12.5. The lowest BCUT2D eigenvalue weighted by atomic mass is 10.1. The molecule has 0 aliphatic carbocycles. The molecular weight excluding hydrogens is 400 g/mol.